The number of carbonyl (C=O) groups is 2. The van der Waals surface area contributed by atoms with Crippen LogP contribution >= 0.6 is 15.9 Å². The predicted octanol–water partition coefficient (Wildman–Crippen LogP) is 2.04. The van der Waals surface area contributed by atoms with Gasteiger partial charge in [0.25, 0.3) is 0 Å². The minimum atomic E-state index is -0.941. The standard InChI is InChI=1S/C14H18BrN3O3/c1-9-3-2-4-11(15)13(9)17-12(19)7-10-8-18(14(20)21)6-5-16-10/h2-4,10,16H,5-8H2,1H3,(H,17,19)(H,20,21). The molecule has 0 aromatic heterocycles. The molecular formula is C14H18BrN3O3. The molecule has 1 heterocycles. The smallest absolute Gasteiger partial charge is 0.407 e. The summed E-state index contributed by atoms with van der Waals surface area (Å²) >= 11 is 3.41. The highest BCUT2D eigenvalue weighted by atomic mass is 79.9. The Kier molecular flexibility index (Phi) is 5.19. The van der Waals surface area contributed by atoms with Crippen LogP contribution in [0.25, 0.3) is 0 Å². The van der Waals surface area contributed by atoms with Gasteiger partial charge in [-0.25, -0.2) is 4.79 Å². The molecule has 0 aliphatic carbocycles. The van der Waals surface area contributed by atoms with Gasteiger partial charge in [0.15, 0.2) is 0 Å². The molecule has 2 amide bonds. The molecule has 6 nitrogen and oxygen atoms in total. The predicted molar refractivity (Wildman–Crippen MR) is 83.5 cm³/mol. The van der Waals surface area contributed by atoms with Crippen molar-refractivity contribution in [2.45, 2.75) is 19.4 Å². The van der Waals surface area contributed by atoms with Gasteiger partial charge in [0.2, 0.25) is 5.91 Å². The maximum Gasteiger partial charge on any atom is 0.407 e. The van der Waals surface area contributed by atoms with Crippen molar-refractivity contribution in [1.82, 2.24) is 10.2 Å². The van der Waals surface area contributed by atoms with Crippen molar-refractivity contribution in [3.05, 3.63) is 28.2 Å². The van der Waals surface area contributed by atoms with Crippen LogP contribution in [0.1, 0.15) is 12.0 Å². The number of carboxylic acid groups (broad SMARTS) is 1. The number of piperazine rings is 1. The summed E-state index contributed by atoms with van der Waals surface area (Å²) in [5, 5.41) is 15.0. The maximum absolute atomic E-state index is 12.1. The van der Waals surface area contributed by atoms with E-state index in [1.54, 1.807) is 0 Å². The summed E-state index contributed by atoms with van der Waals surface area (Å²) in [6.45, 7) is 3.28. The number of nitrogens with one attached hydrogen (secondary N) is 2. The zero-order chi connectivity index (χ0) is 15.4. The molecule has 1 unspecified atom stereocenters. The summed E-state index contributed by atoms with van der Waals surface area (Å²) in [4.78, 5) is 24.4. The molecule has 1 aliphatic rings. The van der Waals surface area contributed by atoms with Crippen molar-refractivity contribution in [1.29, 1.82) is 0 Å². The van der Waals surface area contributed by atoms with E-state index in [2.05, 4.69) is 26.6 Å². The van der Waals surface area contributed by atoms with Crippen molar-refractivity contribution in [2.24, 2.45) is 0 Å². The van der Waals surface area contributed by atoms with Gasteiger partial charge in [-0.3, -0.25) is 4.79 Å². The van der Waals surface area contributed by atoms with Crippen LogP contribution in [0.5, 0.6) is 0 Å². The first-order valence-corrected chi connectivity index (χ1v) is 7.53. The Morgan fingerprint density at radius 3 is 2.95 bits per heavy atom. The van der Waals surface area contributed by atoms with Gasteiger partial charge in [-0.15, -0.1) is 0 Å². The molecule has 0 bridgehead atoms. The summed E-state index contributed by atoms with van der Waals surface area (Å²) in [5.74, 6) is -0.130. The number of hydrogen-bond donors (Lipinski definition) is 3. The lowest BCUT2D eigenvalue weighted by molar-refractivity contribution is -0.116. The fourth-order valence-corrected chi connectivity index (χ4v) is 2.90. The number of halogens is 1. The Labute approximate surface area is 131 Å². The molecule has 1 atom stereocenters. The molecule has 7 heteroatoms. The number of nitrogens with zero attached hydrogens (tertiary/aromatic N) is 1. The van der Waals surface area contributed by atoms with E-state index in [9.17, 15) is 9.59 Å². The summed E-state index contributed by atoms with van der Waals surface area (Å²) in [5.41, 5.74) is 1.73. The van der Waals surface area contributed by atoms with Crippen molar-refractivity contribution in [3.63, 3.8) is 0 Å². The van der Waals surface area contributed by atoms with Crippen LogP contribution in [-0.2, 0) is 4.79 Å². The Balaban J connectivity index is 1.94. The minimum absolute atomic E-state index is 0.130. The van der Waals surface area contributed by atoms with Crippen LogP contribution < -0.4 is 10.6 Å². The van der Waals surface area contributed by atoms with Crippen molar-refractivity contribution >= 4 is 33.6 Å². The van der Waals surface area contributed by atoms with E-state index in [1.807, 2.05) is 25.1 Å². The average molecular weight is 356 g/mol. The highest BCUT2D eigenvalue weighted by molar-refractivity contribution is 9.10. The van der Waals surface area contributed by atoms with E-state index in [1.165, 1.54) is 4.90 Å². The van der Waals surface area contributed by atoms with E-state index in [0.29, 0.717) is 19.6 Å². The second-order valence-electron chi connectivity index (χ2n) is 5.06. The van der Waals surface area contributed by atoms with E-state index < -0.39 is 6.09 Å². The summed E-state index contributed by atoms with van der Waals surface area (Å²) < 4.78 is 0.833. The molecule has 1 fully saturated rings. The maximum atomic E-state index is 12.1. The van der Waals surface area contributed by atoms with Gasteiger partial charge in [0, 0.05) is 36.6 Å². The normalized spacial score (nSPS) is 18.4. The van der Waals surface area contributed by atoms with Gasteiger partial charge < -0.3 is 20.6 Å². The van der Waals surface area contributed by atoms with Gasteiger partial charge in [0.05, 0.1) is 5.69 Å². The first kappa shape index (κ1) is 15.8. The quantitative estimate of drug-likeness (QED) is 0.774. The molecule has 114 valence electrons. The molecule has 0 radical (unpaired) electrons. The molecule has 1 saturated heterocycles. The van der Waals surface area contributed by atoms with E-state index in [4.69, 9.17) is 5.11 Å². The summed E-state index contributed by atoms with van der Waals surface area (Å²) in [6.07, 6.45) is -0.701. The third kappa shape index (κ3) is 4.18. The number of aryl methyl sites for hydroxylation is 1. The molecule has 1 aliphatic heterocycles. The van der Waals surface area contributed by atoms with Crippen LogP contribution in [0, 0.1) is 6.92 Å². The molecule has 0 spiro atoms. The lowest BCUT2D eigenvalue weighted by Gasteiger charge is -2.31. The highest BCUT2D eigenvalue weighted by Gasteiger charge is 2.24. The number of carbonyl (C=O) groups excluding carboxylic acids is 1. The number of rotatable bonds is 3. The first-order valence-electron chi connectivity index (χ1n) is 6.73. The molecule has 1 aromatic carbocycles. The van der Waals surface area contributed by atoms with Crippen molar-refractivity contribution < 1.29 is 14.7 Å². The zero-order valence-electron chi connectivity index (χ0n) is 11.7. The van der Waals surface area contributed by atoms with Gasteiger partial charge in [-0.2, -0.15) is 0 Å². The second kappa shape index (κ2) is 6.91. The molecular weight excluding hydrogens is 338 g/mol. The number of amides is 2. The fraction of sp³-hybridized carbons (Fsp3) is 0.429. The molecule has 21 heavy (non-hydrogen) atoms. The first-order chi connectivity index (χ1) is 9.97. The molecule has 0 saturated carbocycles. The molecule has 2 rings (SSSR count). The Morgan fingerprint density at radius 1 is 1.52 bits per heavy atom. The van der Waals surface area contributed by atoms with Crippen LogP contribution in [-0.4, -0.2) is 47.7 Å². The van der Waals surface area contributed by atoms with E-state index in [0.717, 1.165) is 15.7 Å². The monoisotopic (exact) mass is 355 g/mol. The number of anilines is 1. The van der Waals surface area contributed by atoms with Crippen molar-refractivity contribution in [3.8, 4) is 0 Å². The largest absolute Gasteiger partial charge is 0.465 e. The Hall–Kier alpha value is -1.60. The fourth-order valence-electron chi connectivity index (χ4n) is 2.34. The number of hydrogen-bond acceptors (Lipinski definition) is 3. The van der Waals surface area contributed by atoms with Crippen LogP contribution in [0.2, 0.25) is 0 Å². The summed E-state index contributed by atoms with van der Waals surface area (Å²) in [7, 11) is 0. The number of benzene rings is 1. The highest BCUT2D eigenvalue weighted by Crippen LogP contribution is 2.25. The average Bonchev–Trinajstić information content (AvgIpc) is 2.43. The van der Waals surface area contributed by atoms with Crippen LogP contribution in [0.3, 0.4) is 0 Å². The minimum Gasteiger partial charge on any atom is -0.465 e. The van der Waals surface area contributed by atoms with Crippen LogP contribution in [0.15, 0.2) is 22.7 Å². The van der Waals surface area contributed by atoms with Gasteiger partial charge in [0.1, 0.15) is 0 Å². The lowest BCUT2D eigenvalue weighted by atomic mass is 10.1. The van der Waals surface area contributed by atoms with E-state index in [-0.39, 0.29) is 18.4 Å². The third-order valence-electron chi connectivity index (χ3n) is 3.44. The van der Waals surface area contributed by atoms with Crippen LogP contribution in [0.4, 0.5) is 10.5 Å². The SMILES string of the molecule is Cc1cccc(Br)c1NC(=O)CC1CN(C(=O)O)CCN1. The van der Waals surface area contributed by atoms with Gasteiger partial charge in [-0.05, 0) is 34.5 Å². The van der Waals surface area contributed by atoms with E-state index >= 15 is 0 Å². The van der Waals surface area contributed by atoms with Crippen molar-refractivity contribution in [2.75, 3.05) is 25.0 Å². The third-order valence-corrected chi connectivity index (χ3v) is 4.11. The Morgan fingerprint density at radius 2 is 2.29 bits per heavy atom. The topological polar surface area (TPSA) is 81.7 Å². The molecule has 1 aromatic rings. The van der Waals surface area contributed by atoms with Gasteiger partial charge >= 0.3 is 6.09 Å². The Bertz CT molecular complexity index is 530. The summed E-state index contributed by atoms with van der Waals surface area (Å²) in [6, 6.07) is 5.54. The number of para-hydroxylation sites is 1. The van der Waals surface area contributed by atoms with Gasteiger partial charge in [-0.1, -0.05) is 12.1 Å². The molecule has 3 N–H and O–H groups in total. The lowest BCUT2D eigenvalue weighted by Crippen LogP contribution is -2.53. The second-order valence-corrected chi connectivity index (χ2v) is 5.92. The zero-order valence-corrected chi connectivity index (χ0v) is 13.3.